The van der Waals surface area contributed by atoms with E-state index in [9.17, 15) is 0 Å². The molecule has 0 bridgehead atoms. The molecule has 2 heterocycles. The number of hydrogen-bond acceptors (Lipinski definition) is 0. The summed E-state index contributed by atoms with van der Waals surface area (Å²) in [5.74, 6) is 1.14. The van der Waals surface area contributed by atoms with Crippen LogP contribution in [0.1, 0.15) is 26.3 Å². The largest absolute Gasteiger partial charge is 1.00 e. The maximum Gasteiger partial charge on any atom is 0.368 e. The quantitative estimate of drug-likeness (QED) is 0.333. The van der Waals surface area contributed by atoms with Gasteiger partial charge in [0.05, 0.1) is 5.54 Å². The smallest absolute Gasteiger partial charge is 0.368 e. The first-order valence-electron chi connectivity index (χ1n) is 9.35. The molecule has 6 heteroatoms. The van der Waals surface area contributed by atoms with Gasteiger partial charge in [-0.2, -0.15) is 4.40 Å². The van der Waals surface area contributed by atoms with E-state index in [1.165, 1.54) is 27.9 Å². The van der Waals surface area contributed by atoms with Crippen molar-refractivity contribution in [3.63, 3.8) is 0 Å². The van der Waals surface area contributed by atoms with Gasteiger partial charge in [-0.1, -0.05) is 42.0 Å². The second kappa shape index (κ2) is 8.56. The molecule has 4 nitrogen and oxygen atoms in total. The molecule has 4 aromatic rings. The highest BCUT2D eigenvalue weighted by molar-refractivity contribution is 5.74. The van der Waals surface area contributed by atoms with Crippen LogP contribution in [0.3, 0.4) is 0 Å². The summed E-state index contributed by atoms with van der Waals surface area (Å²) in [4.78, 5) is 3.61. The van der Waals surface area contributed by atoms with Gasteiger partial charge in [0, 0.05) is 5.56 Å². The third-order valence-corrected chi connectivity index (χ3v) is 4.89. The number of hydrogen-bond donors (Lipinski definition) is 2. The fourth-order valence-electron chi connectivity index (χ4n) is 3.53. The number of benzene rings is 2. The molecule has 3 N–H and O–H groups in total. The van der Waals surface area contributed by atoms with Crippen molar-refractivity contribution in [2.45, 2.75) is 39.8 Å². The van der Waals surface area contributed by atoms with Gasteiger partial charge in [0.15, 0.2) is 0 Å². The summed E-state index contributed by atoms with van der Waals surface area (Å²) >= 11 is 0. The molecule has 0 amide bonds. The van der Waals surface area contributed by atoms with E-state index in [0.717, 1.165) is 18.9 Å². The normalized spacial score (nSPS) is 11.4. The zero-order valence-electron chi connectivity index (χ0n) is 16.8. The maximum atomic E-state index is 3.61. The Bertz CT molecular complexity index is 1060. The molecule has 0 aliphatic rings. The van der Waals surface area contributed by atoms with Crippen LogP contribution in [0, 0.1) is 6.92 Å². The van der Waals surface area contributed by atoms with E-state index in [2.05, 4.69) is 102 Å². The van der Waals surface area contributed by atoms with Crippen molar-refractivity contribution >= 4 is 16.8 Å². The van der Waals surface area contributed by atoms with Gasteiger partial charge in [-0.15, -0.1) is 0 Å². The third-order valence-electron chi connectivity index (χ3n) is 4.89. The lowest BCUT2D eigenvalue weighted by Crippen LogP contribution is -3.00. The maximum absolute atomic E-state index is 3.61. The summed E-state index contributed by atoms with van der Waals surface area (Å²) in [6.07, 6.45) is 2.26. The summed E-state index contributed by atoms with van der Waals surface area (Å²) in [5, 5.41) is 2.41. The molecular weight excluding hydrogens is 391 g/mol. The second-order valence-corrected chi connectivity index (χ2v) is 8.23. The van der Waals surface area contributed by atoms with Crippen molar-refractivity contribution in [2.24, 2.45) is 0 Å². The van der Waals surface area contributed by atoms with Crippen LogP contribution in [0.4, 0.5) is 0 Å². The third kappa shape index (κ3) is 4.35. The van der Waals surface area contributed by atoms with Crippen molar-refractivity contribution in [3.05, 3.63) is 60.3 Å². The van der Waals surface area contributed by atoms with Crippen LogP contribution in [0.5, 0.6) is 0 Å². The molecule has 28 heavy (non-hydrogen) atoms. The number of aromatic nitrogens is 3. The summed E-state index contributed by atoms with van der Waals surface area (Å²) < 4.78 is 4.69. The van der Waals surface area contributed by atoms with Crippen LogP contribution in [0.25, 0.3) is 28.1 Å². The van der Waals surface area contributed by atoms with Crippen LogP contribution in [0.2, 0.25) is 0 Å². The average Bonchev–Trinajstić information content (AvgIpc) is 3.11. The van der Waals surface area contributed by atoms with E-state index >= 15 is 0 Å². The van der Waals surface area contributed by atoms with Crippen LogP contribution < -0.4 is 34.5 Å². The molecule has 0 saturated heterocycles. The summed E-state index contributed by atoms with van der Waals surface area (Å²) in [6.45, 7) is 10.9. The molecule has 0 aliphatic heterocycles. The number of aromatic amines is 1. The highest BCUT2D eigenvalue weighted by Crippen LogP contribution is 2.22. The van der Waals surface area contributed by atoms with Gasteiger partial charge < -0.3 is 30.1 Å². The van der Waals surface area contributed by atoms with Crippen molar-refractivity contribution < 1.29 is 34.5 Å². The van der Waals surface area contributed by atoms with E-state index < -0.39 is 0 Å². The van der Waals surface area contributed by atoms with Gasteiger partial charge in [-0.3, -0.25) is 0 Å². The predicted octanol–water partition coefficient (Wildman–Crippen LogP) is -2.95. The van der Waals surface area contributed by atoms with E-state index in [0.29, 0.717) is 0 Å². The zero-order chi connectivity index (χ0) is 18.3. The Balaban J connectivity index is 0.00000140. The highest BCUT2D eigenvalue weighted by atomic mass is 35.5. The minimum Gasteiger partial charge on any atom is -1.00 e. The monoisotopic (exact) mass is 418 g/mol. The van der Waals surface area contributed by atoms with Crippen LogP contribution >= 0.6 is 0 Å². The van der Waals surface area contributed by atoms with Crippen molar-refractivity contribution in [3.8, 4) is 11.3 Å². The van der Waals surface area contributed by atoms with Gasteiger partial charge in [0.25, 0.3) is 0 Å². The summed E-state index contributed by atoms with van der Waals surface area (Å²) in [6, 6.07) is 17.3. The lowest BCUT2D eigenvalue weighted by atomic mass is 10.1. The van der Waals surface area contributed by atoms with Gasteiger partial charge in [0.2, 0.25) is 0 Å². The number of nitrogens with two attached hydrogens (primary N) is 1. The van der Waals surface area contributed by atoms with Crippen molar-refractivity contribution in [1.29, 1.82) is 0 Å². The number of aryl methyl sites for hydroxylation is 1. The molecule has 4 rings (SSSR count). The minimum atomic E-state index is 0. The van der Waals surface area contributed by atoms with Gasteiger partial charge in [-0.05, 0) is 39.8 Å². The van der Waals surface area contributed by atoms with Crippen LogP contribution in [0.15, 0.2) is 54.7 Å². The fourth-order valence-corrected chi connectivity index (χ4v) is 3.53. The molecule has 0 atom stereocenters. The molecule has 0 aliphatic carbocycles. The number of rotatable bonds is 4. The number of quaternary nitrogens is 1. The number of nitrogens with one attached hydrogen (secondary N) is 1. The molecule has 0 spiro atoms. The van der Waals surface area contributed by atoms with E-state index in [1.807, 2.05) is 0 Å². The topological polar surface area (TPSA) is 41.4 Å². The Morgan fingerprint density at radius 1 is 1.00 bits per heavy atom. The van der Waals surface area contributed by atoms with Crippen molar-refractivity contribution in [1.82, 2.24) is 9.55 Å². The molecule has 0 fully saturated rings. The molecule has 0 radical (unpaired) electrons. The molecule has 2 aromatic carbocycles. The van der Waals surface area contributed by atoms with Gasteiger partial charge in [-0.25, -0.2) is 9.55 Å². The predicted molar refractivity (Wildman–Crippen MR) is 106 cm³/mol. The molecule has 150 valence electrons. The Hall–Kier alpha value is -2.01. The lowest BCUT2D eigenvalue weighted by molar-refractivity contribution is -0.717. The Labute approximate surface area is 178 Å². The molecule has 0 saturated carbocycles. The van der Waals surface area contributed by atoms with Crippen LogP contribution in [-0.4, -0.2) is 21.6 Å². The van der Waals surface area contributed by atoms with Gasteiger partial charge in [0.1, 0.15) is 36.0 Å². The first-order chi connectivity index (χ1) is 12.4. The lowest BCUT2D eigenvalue weighted by Gasteiger charge is -2.16. The molecule has 0 unspecified atom stereocenters. The minimum absolute atomic E-state index is 0. The van der Waals surface area contributed by atoms with Gasteiger partial charge >= 0.3 is 5.78 Å². The number of nitrogens with zero attached hydrogens (tertiary/aromatic N) is 2. The van der Waals surface area contributed by atoms with E-state index in [1.54, 1.807) is 0 Å². The standard InChI is InChI=1S/C22H26N4.2ClH/c1-16-9-11-17(12-10-16)20-15-26-19-8-6-5-7-18(19)24-21(26)25(20)14-13-23-22(2,3)4;;/h5-12,15,23H,13-14H2,1-4H3;2*1H. The average molecular weight is 419 g/mol. The second-order valence-electron chi connectivity index (χ2n) is 8.23. The molecule has 2 aromatic heterocycles. The summed E-state index contributed by atoms with van der Waals surface area (Å²) in [7, 11) is 0. The Kier molecular flexibility index (Phi) is 6.81. The SMILES string of the molecule is Cc1ccc(-c2c[n+]3c4ccccc4[nH]c3n2CC[NH2+]C(C)(C)C)cc1.[Cl-].[Cl-]. The van der Waals surface area contributed by atoms with Crippen molar-refractivity contribution in [2.75, 3.05) is 6.54 Å². The zero-order valence-corrected chi connectivity index (χ0v) is 18.3. The number of H-pyrrole nitrogens is 1. The van der Waals surface area contributed by atoms with Crippen LogP contribution in [-0.2, 0) is 6.54 Å². The fraction of sp³-hybridized carbons (Fsp3) is 0.318. The van der Waals surface area contributed by atoms with E-state index in [-0.39, 0.29) is 30.4 Å². The summed E-state index contributed by atoms with van der Waals surface area (Å²) in [5.41, 5.74) is 6.43. The Morgan fingerprint density at radius 3 is 2.36 bits per heavy atom. The number of fused-ring (bicyclic) bond motifs is 3. The molecular formula is C22H28Cl2N4. The first-order valence-corrected chi connectivity index (χ1v) is 9.35. The number of imidazole rings is 2. The Morgan fingerprint density at radius 2 is 1.68 bits per heavy atom. The number of halogens is 2. The first kappa shape index (κ1) is 22.3. The van der Waals surface area contributed by atoms with E-state index in [4.69, 9.17) is 0 Å². The number of para-hydroxylation sites is 2. The highest BCUT2D eigenvalue weighted by Gasteiger charge is 2.23.